The minimum absolute atomic E-state index is 0.149. The van der Waals surface area contributed by atoms with E-state index in [2.05, 4.69) is 5.32 Å². The molecule has 2 aromatic rings. The Balaban J connectivity index is 2.22. The highest BCUT2D eigenvalue weighted by atomic mass is 16.5. The molecule has 0 saturated carbocycles. The van der Waals surface area contributed by atoms with Gasteiger partial charge in [-0.05, 0) is 31.9 Å². The van der Waals surface area contributed by atoms with Crippen LogP contribution in [0.25, 0.3) is 0 Å². The Bertz CT molecular complexity index is 868. The molecule has 0 spiro atoms. The van der Waals surface area contributed by atoms with E-state index < -0.39 is 11.9 Å². The van der Waals surface area contributed by atoms with Gasteiger partial charge in [0.05, 0.1) is 32.6 Å². The molecule has 0 bridgehead atoms. The molecular formula is C21H25NO6. The fraction of sp³-hybridized carbons (Fsp3) is 0.333. The molecule has 1 amide bonds. The molecule has 2 rings (SSSR count). The maximum atomic E-state index is 12.4. The van der Waals surface area contributed by atoms with Crippen LogP contribution in [0.3, 0.4) is 0 Å². The summed E-state index contributed by atoms with van der Waals surface area (Å²) < 4.78 is 20.9. The number of carbonyl (C=O) groups excluding carboxylic acids is 2. The number of amides is 1. The van der Waals surface area contributed by atoms with E-state index in [0.29, 0.717) is 17.2 Å². The summed E-state index contributed by atoms with van der Waals surface area (Å²) in [5, 5.41) is 2.67. The molecule has 0 atom stereocenters. The third kappa shape index (κ3) is 4.73. The molecule has 7 nitrogen and oxygen atoms in total. The van der Waals surface area contributed by atoms with Gasteiger partial charge in [-0.25, -0.2) is 4.79 Å². The zero-order chi connectivity index (χ0) is 20.8. The maximum absolute atomic E-state index is 12.4. The molecule has 0 heterocycles. The first-order chi connectivity index (χ1) is 13.3. The fourth-order valence-electron chi connectivity index (χ4n) is 2.98. The summed E-state index contributed by atoms with van der Waals surface area (Å²) in [6, 6.07) is 6.94. The summed E-state index contributed by atoms with van der Waals surface area (Å²) in [4.78, 5) is 24.5. The number of hydrogen-bond donors (Lipinski definition) is 1. The van der Waals surface area contributed by atoms with E-state index in [9.17, 15) is 9.59 Å². The topological polar surface area (TPSA) is 83.1 Å². The van der Waals surface area contributed by atoms with Crippen molar-refractivity contribution in [3.8, 4) is 17.2 Å². The highest BCUT2D eigenvalue weighted by Gasteiger charge is 2.19. The molecule has 150 valence electrons. The third-order valence-electron chi connectivity index (χ3n) is 4.16. The van der Waals surface area contributed by atoms with Gasteiger partial charge in [0, 0.05) is 12.1 Å². The lowest BCUT2D eigenvalue weighted by molar-refractivity contribution is -0.118. The predicted octanol–water partition coefficient (Wildman–Crippen LogP) is 3.43. The molecule has 1 N–H and O–H groups in total. The quantitative estimate of drug-likeness (QED) is 0.733. The highest BCUT2D eigenvalue weighted by molar-refractivity contribution is 6.02. The van der Waals surface area contributed by atoms with Crippen LogP contribution in [0.4, 0.5) is 5.69 Å². The van der Waals surface area contributed by atoms with Gasteiger partial charge in [-0.3, -0.25) is 4.79 Å². The second kappa shape index (κ2) is 9.12. The van der Waals surface area contributed by atoms with Crippen LogP contribution in [0.5, 0.6) is 17.2 Å². The van der Waals surface area contributed by atoms with E-state index in [1.165, 1.54) is 33.5 Å². The smallest absolute Gasteiger partial charge is 0.340 e. The van der Waals surface area contributed by atoms with Crippen molar-refractivity contribution in [2.75, 3.05) is 33.3 Å². The van der Waals surface area contributed by atoms with Crippen molar-refractivity contribution in [1.29, 1.82) is 0 Å². The summed E-state index contributed by atoms with van der Waals surface area (Å²) in [5.41, 5.74) is 3.42. The molecule has 0 aromatic heterocycles. The van der Waals surface area contributed by atoms with Gasteiger partial charge in [0.15, 0.2) is 18.1 Å². The monoisotopic (exact) mass is 387 g/mol. The zero-order valence-electron chi connectivity index (χ0n) is 17.0. The average Bonchev–Trinajstić information content (AvgIpc) is 2.66. The number of benzene rings is 2. The number of carbonyl (C=O) groups is 2. The molecule has 0 saturated heterocycles. The summed E-state index contributed by atoms with van der Waals surface area (Å²) in [6.45, 7) is 5.65. The van der Waals surface area contributed by atoms with Crippen LogP contribution in [0, 0.1) is 20.8 Å². The van der Waals surface area contributed by atoms with E-state index in [4.69, 9.17) is 18.9 Å². The first-order valence-corrected chi connectivity index (χ1v) is 8.65. The number of anilines is 1. The van der Waals surface area contributed by atoms with Gasteiger partial charge in [0.1, 0.15) is 5.75 Å². The van der Waals surface area contributed by atoms with E-state index >= 15 is 0 Å². The van der Waals surface area contributed by atoms with Crippen LogP contribution < -0.4 is 19.5 Å². The van der Waals surface area contributed by atoms with Crippen molar-refractivity contribution in [1.82, 2.24) is 0 Å². The summed E-state index contributed by atoms with van der Waals surface area (Å²) in [6.07, 6.45) is 0. The third-order valence-corrected chi connectivity index (χ3v) is 4.16. The van der Waals surface area contributed by atoms with Gasteiger partial charge in [0.25, 0.3) is 5.91 Å². The minimum Gasteiger partial charge on any atom is -0.493 e. The van der Waals surface area contributed by atoms with Crippen molar-refractivity contribution in [2.24, 2.45) is 0 Å². The first kappa shape index (κ1) is 21.1. The van der Waals surface area contributed by atoms with Gasteiger partial charge in [-0.2, -0.15) is 0 Å². The number of esters is 1. The van der Waals surface area contributed by atoms with Gasteiger partial charge in [-0.1, -0.05) is 17.7 Å². The van der Waals surface area contributed by atoms with E-state index in [1.807, 2.05) is 32.9 Å². The van der Waals surface area contributed by atoms with Crippen LogP contribution in [0.15, 0.2) is 24.3 Å². The standard InChI is InChI=1S/C21H25NO6/c1-12-7-13(2)20(14(3)8-12)28-11-19(23)22-16-10-18(26-5)17(25-4)9-15(16)21(24)27-6/h7-10H,11H2,1-6H3,(H,22,23). The normalized spacial score (nSPS) is 10.2. The van der Waals surface area contributed by atoms with Gasteiger partial charge in [-0.15, -0.1) is 0 Å². The van der Waals surface area contributed by atoms with Crippen molar-refractivity contribution >= 4 is 17.6 Å². The molecule has 7 heteroatoms. The zero-order valence-corrected chi connectivity index (χ0v) is 17.0. The Labute approximate surface area is 164 Å². The SMILES string of the molecule is COC(=O)c1cc(OC)c(OC)cc1NC(=O)COc1c(C)cc(C)cc1C. The summed E-state index contributed by atoms with van der Waals surface area (Å²) in [5.74, 6) is 0.361. The van der Waals surface area contributed by atoms with Crippen molar-refractivity contribution in [3.63, 3.8) is 0 Å². The summed E-state index contributed by atoms with van der Waals surface area (Å²) in [7, 11) is 4.18. The number of hydrogen-bond acceptors (Lipinski definition) is 6. The van der Waals surface area contributed by atoms with Crippen LogP contribution in [-0.2, 0) is 9.53 Å². The number of aryl methyl sites for hydroxylation is 3. The molecule has 0 aliphatic carbocycles. The van der Waals surface area contributed by atoms with E-state index in [0.717, 1.165) is 16.7 Å². The van der Waals surface area contributed by atoms with E-state index in [-0.39, 0.29) is 17.9 Å². The van der Waals surface area contributed by atoms with Gasteiger partial charge in [0.2, 0.25) is 0 Å². The summed E-state index contributed by atoms with van der Waals surface area (Å²) >= 11 is 0. The van der Waals surface area contributed by atoms with Gasteiger partial charge < -0.3 is 24.3 Å². The highest BCUT2D eigenvalue weighted by Crippen LogP contribution is 2.34. The lowest BCUT2D eigenvalue weighted by Gasteiger charge is -2.16. The number of rotatable bonds is 7. The Morgan fingerprint density at radius 2 is 1.46 bits per heavy atom. The molecule has 0 aliphatic rings. The van der Waals surface area contributed by atoms with Crippen LogP contribution in [0.2, 0.25) is 0 Å². The van der Waals surface area contributed by atoms with Crippen LogP contribution >= 0.6 is 0 Å². The molecule has 28 heavy (non-hydrogen) atoms. The molecule has 0 fully saturated rings. The molecule has 0 aliphatic heterocycles. The largest absolute Gasteiger partial charge is 0.493 e. The van der Waals surface area contributed by atoms with E-state index in [1.54, 1.807) is 0 Å². The minimum atomic E-state index is -0.609. The lowest BCUT2D eigenvalue weighted by Crippen LogP contribution is -2.22. The Kier molecular flexibility index (Phi) is 6.87. The molecule has 0 unspecified atom stereocenters. The molecule has 2 aromatic carbocycles. The Morgan fingerprint density at radius 1 is 0.893 bits per heavy atom. The van der Waals surface area contributed by atoms with Crippen LogP contribution in [-0.4, -0.2) is 39.8 Å². The van der Waals surface area contributed by atoms with Crippen molar-refractivity contribution < 1.29 is 28.5 Å². The predicted molar refractivity (Wildman–Crippen MR) is 106 cm³/mol. The second-order valence-corrected chi connectivity index (χ2v) is 6.31. The fourth-order valence-corrected chi connectivity index (χ4v) is 2.98. The number of nitrogens with one attached hydrogen (secondary N) is 1. The van der Waals surface area contributed by atoms with Crippen molar-refractivity contribution in [3.05, 3.63) is 46.5 Å². The maximum Gasteiger partial charge on any atom is 0.340 e. The molecule has 0 radical (unpaired) electrons. The van der Waals surface area contributed by atoms with Crippen molar-refractivity contribution in [2.45, 2.75) is 20.8 Å². The Morgan fingerprint density at radius 3 is 2.00 bits per heavy atom. The lowest BCUT2D eigenvalue weighted by atomic mass is 10.1. The number of ether oxygens (including phenoxy) is 4. The molecular weight excluding hydrogens is 362 g/mol. The number of methoxy groups -OCH3 is 3. The Hall–Kier alpha value is -3.22. The van der Waals surface area contributed by atoms with Crippen LogP contribution in [0.1, 0.15) is 27.0 Å². The first-order valence-electron chi connectivity index (χ1n) is 8.65. The van der Waals surface area contributed by atoms with Gasteiger partial charge >= 0.3 is 5.97 Å². The second-order valence-electron chi connectivity index (χ2n) is 6.31. The average molecular weight is 387 g/mol.